The summed E-state index contributed by atoms with van der Waals surface area (Å²) in [4.78, 5) is 0. The molecule has 0 saturated heterocycles. The van der Waals surface area contributed by atoms with Gasteiger partial charge in [0.05, 0.1) is 23.0 Å². The normalized spacial score (nSPS) is 12.9. The van der Waals surface area contributed by atoms with Crippen LogP contribution in [0.1, 0.15) is 44.1 Å². The largest absolute Gasteiger partial charge is 0.305 e. The molecule has 3 nitrogen and oxygen atoms in total. The molecule has 20 heavy (non-hydrogen) atoms. The lowest BCUT2D eigenvalue weighted by Crippen LogP contribution is -2.25. The first kappa shape index (κ1) is 15.8. The van der Waals surface area contributed by atoms with Crippen LogP contribution in [0.3, 0.4) is 0 Å². The molecular formula is C15H19ClIN3. The number of hydrogen-bond acceptors (Lipinski definition) is 2. The van der Waals surface area contributed by atoms with Crippen molar-refractivity contribution < 1.29 is 0 Å². The molecular weight excluding hydrogens is 385 g/mol. The molecule has 1 aromatic heterocycles. The molecule has 0 fully saturated rings. The van der Waals surface area contributed by atoms with E-state index in [2.05, 4.69) is 78.0 Å². The highest BCUT2D eigenvalue weighted by Crippen LogP contribution is 2.30. The van der Waals surface area contributed by atoms with Crippen molar-refractivity contribution in [2.24, 2.45) is 0 Å². The minimum Gasteiger partial charge on any atom is -0.305 e. The Hall–Kier alpha value is -0.590. The van der Waals surface area contributed by atoms with E-state index in [1.807, 2.05) is 4.68 Å². The van der Waals surface area contributed by atoms with Gasteiger partial charge in [-0.3, -0.25) is 4.68 Å². The van der Waals surface area contributed by atoms with Crippen LogP contribution >= 0.6 is 34.2 Å². The fraction of sp³-hybridized carbons (Fsp3) is 0.400. The monoisotopic (exact) mass is 403 g/mol. The van der Waals surface area contributed by atoms with Crippen LogP contribution < -0.4 is 5.32 Å². The van der Waals surface area contributed by atoms with Gasteiger partial charge in [-0.2, -0.15) is 5.10 Å². The van der Waals surface area contributed by atoms with E-state index >= 15 is 0 Å². The molecule has 0 aliphatic carbocycles. The fourth-order valence-electron chi connectivity index (χ4n) is 2.26. The Kier molecular flexibility index (Phi) is 5.46. The maximum atomic E-state index is 6.38. The summed E-state index contributed by atoms with van der Waals surface area (Å²) in [7, 11) is 0. The Bertz CT molecular complexity index is 563. The van der Waals surface area contributed by atoms with Crippen LogP contribution in [-0.4, -0.2) is 16.3 Å². The maximum Gasteiger partial charge on any atom is 0.0837 e. The minimum absolute atomic E-state index is 0.0643. The molecule has 1 aromatic carbocycles. The maximum absolute atomic E-state index is 6.38. The molecule has 0 bridgehead atoms. The van der Waals surface area contributed by atoms with Crippen molar-refractivity contribution in [3.05, 3.63) is 50.3 Å². The minimum atomic E-state index is 0.0643. The number of nitrogens with one attached hydrogen (secondary N) is 1. The van der Waals surface area contributed by atoms with Crippen molar-refractivity contribution in [2.45, 2.75) is 32.9 Å². The summed E-state index contributed by atoms with van der Waals surface area (Å²) in [6.07, 6.45) is 1.73. The first-order valence-corrected chi connectivity index (χ1v) is 8.22. The summed E-state index contributed by atoms with van der Waals surface area (Å²) >= 11 is 8.69. The first-order valence-electron chi connectivity index (χ1n) is 6.76. The molecule has 0 amide bonds. The van der Waals surface area contributed by atoms with E-state index in [9.17, 15) is 0 Å². The lowest BCUT2D eigenvalue weighted by atomic mass is 10.0. The van der Waals surface area contributed by atoms with E-state index in [0.29, 0.717) is 5.02 Å². The van der Waals surface area contributed by atoms with E-state index in [-0.39, 0.29) is 12.1 Å². The predicted octanol–water partition coefficient (Wildman–Crippen LogP) is 4.42. The van der Waals surface area contributed by atoms with E-state index in [0.717, 1.165) is 12.2 Å². The van der Waals surface area contributed by atoms with Crippen LogP contribution in [0.15, 0.2) is 30.5 Å². The van der Waals surface area contributed by atoms with Gasteiger partial charge >= 0.3 is 0 Å². The fourth-order valence-corrected chi connectivity index (χ4v) is 2.86. The highest BCUT2D eigenvalue weighted by atomic mass is 127. The molecule has 2 rings (SSSR count). The quantitative estimate of drug-likeness (QED) is 0.749. The molecule has 0 radical (unpaired) electrons. The number of rotatable bonds is 5. The Morgan fingerprint density at radius 3 is 2.50 bits per heavy atom. The average Bonchev–Trinajstić information content (AvgIpc) is 2.79. The number of benzene rings is 1. The number of halogens is 2. The zero-order valence-electron chi connectivity index (χ0n) is 11.9. The van der Waals surface area contributed by atoms with Crippen molar-refractivity contribution in [1.29, 1.82) is 0 Å². The molecule has 0 spiro atoms. The lowest BCUT2D eigenvalue weighted by molar-refractivity contribution is 0.476. The zero-order valence-corrected chi connectivity index (χ0v) is 14.8. The number of aromatic nitrogens is 2. The van der Waals surface area contributed by atoms with Gasteiger partial charge in [-0.25, -0.2) is 0 Å². The average molecular weight is 404 g/mol. The number of hydrogen-bond donors (Lipinski definition) is 1. The second-order valence-corrected chi connectivity index (χ2v) is 6.61. The highest BCUT2D eigenvalue weighted by Gasteiger charge is 2.22. The van der Waals surface area contributed by atoms with E-state index < -0.39 is 0 Å². The van der Waals surface area contributed by atoms with Crippen molar-refractivity contribution in [3.63, 3.8) is 0 Å². The van der Waals surface area contributed by atoms with Gasteiger partial charge in [0.2, 0.25) is 0 Å². The van der Waals surface area contributed by atoms with Gasteiger partial charge in [-0.15, -0.1) is 0 Å². The van der Waals surface area contributed by atoms with Crippen molar-refractivity contribution in [2.75, 3.05) is 6.54 Å². The van der Waals surface area contributed by atoms with Crippen molar-refractivity contribution in [3.8, 4) is 0 Å². The Balaban J connectivity index is 2.48. The SMILES string of the molecule is CCNC(c1ccc(I)cc1)c1c(Cl)cnn1C(C)C. The first-order chi connectivity index (χ1) is 9.54. The van der Waals surface area contributed by atoms with Gasteiger partial charge in [0.15, 0.2) is 0 Å². The standard InChI is InChI=1S/C15H19ClIN3/c1-4-18-14(11-5-7-12(17)8-6-11)15-13(16)9-19-20(15)10(2)3/h5-10,14,18H,4H2,1-3H3. The van der Waals surface area contributed by atoms with Crippen LogP contribution in [0.4, 0.5) is 0 Å². The van der Waals surface area contributed by atoms with Crippen LogP contribution in [0, 0.1) is 3.57 Å². The molecule has 0 saturated carbocycles. The molecule has 1 heterocycles. The summed E-state index contributed by atoms with van der Waals surface area (Å²) in [5.74, 6) is 0. The van der Waals surface area contributed by atoms with Gasteiger partial charge < -0.3 is 5.32 Å². The molecule has 108 valence electrons. The highest BCUT2D eigenvalue weighted by molar-refractivity contribution is 14.1. The Labute approximate surface area is 138 Å². The van der Waals surface area contributed by atoms with Crippen LogP contribution in [0.2, 0.25) is 5.02 Å². The summed E-state index contributed by atoms with van der Waals surface area (Å²) in [5.41, 5.74) is 2.24. The smallest absolute Gasteiger partial charge is 0.0837 e. The topological polar surface area (TPSA) is 29.9 Å². The van der Waals surface area contributed by atoms with Crippen LogP contribution in [0.5, 0.6) is 0 Å². The van der Waals surface area contributed by atoms with Gasteiger partial charge in [-0.1, -0.05) is 30.7 Å². The Morgan fingerprint density at radius 2 is 1.95 bits per heavy atom. The summed E-state index contributed by atoms with van der Waals surface area (Å²) in [6, 6.07) is 8.86. The lowest BCUT2D eigenvalue weighted by Gasteiger charge is -2.22. The second-order valence-electron chi connectivity index (χ2n) is 4.96. The van der Waals surface area contributed by atoms with Crippen LogP contribution in [0.25, 0.3) is 0 Å². The van der Waals surface area contributed by atoms with Gasteiger partial charge in [0.1, 0.15) is 0 Å². The third kappa shape index (κ3) is 3.35. The summed E-state index contributed by atoms with van der Waals surface area (Å²) in [6.45, 7) is 7.20. The van der Waals surface area contributed by atoms with Crippen LogP contribution in [-0.2, 0) is 0 Å². The van der Waals surface area contributed by atoms with E-state index in [1.165, 1.54) is 9.13 Å². The molecule has 1 N–H and O–H groups in total. The van der Waals surface area contributed by atoms with E-state index in [1.54, 1.807) is 6.20 Å². The predicted molar refractivity (Wildman–Crippen MR) is 92.3 cm³/mol. The summed E-state index contributed by atoms with van der Waals surface area (Å²) in [5, 5.41) is 8.63. The van der Waals surface area contributed by atoms with Gasteiger partial charge in [0, 0.05) is 9.61 Å². The van der Waals surface area contributed by atoms with Gasteiger partial charge in [-0.05, 0) is 60.7 Å². The third-order valence-electron chi connectivity index (χ3n) is 3.16. The molecule has 5 heteroatoms. The number of nitrogens with zero attached hydrogens (tertiary/aromatic N) is 2. The zero-order chi connectivity index (χ0) is 14.7. The summed E-state index contributed by atoms with van der Waals surface area (Å²) < 4.78 is 3.22. The van der Waals surface area contributed by atoms with Crippen molar-refractivity contribution >= 4 is 34.2 Å². The van der Waals surface area contributed by atoms with Gasteiger partial charge in [0.25, 0.3) is 0 Å². The second kappa shape index (κ2) is 6.91. The van der Waals surface area contributed by atoms with E-state index in [4.69, 9.17) is 11.6 Å². The Morgan fingerprint density at radius 1 is 1.30 bits per heavy atom. The molecule has 2 aromatic rings. The molecule has 1 unspecified atom stereocenters. The van der Waals surface area contributed by atoms with Crippen molar-refractivity contribution in [1.82, 2.24) is 15.1 Å². The molecule has 0 aliphatic heterocycles. The molecule has 1 atom stereocenters. The third-order valence-corrected chi connectivity index (χ3v) is 4.17. The molecule has 0 aliphatic rings.